The van der Waals surface area contributed by atoms with E-state index in [4.69, 9.17) is 0 Å². The van der Waals surface area contributed by atoms with E-state index < -0.39 is 0 Å². The van der Waals surface area contributed by atoms with Crippen molar-refractivity contribution in [3.63, 3.8) is 0 Å². The SMILES string of the molecule is CCCCCC(NCCC)c1ccsc1C. The van der Waals surface area contributed by atoms with E-state index in [0.29, 0.717) is 6.04 Å². The smallest absolute Gasteiger partial charge is 0.0331 e. The van der Waals surface area contributed by atoms with Crippen LogP contribution in [-0.4, -0.2) is 6.54 Å². The molecule has 1 unspecified atom stereocenters. The molecule has 92 valence electrons. The molecular weight excluding hydrogens is 214 g/mol. The molecule has 1 N–H and O–H groups in total. The molecule has 16 heavy (non-hydrogen) atoms. The monoisotopic (exact) mass is 239 g/mol. The minimum Gasteiger partial charge on any atom is -0.310 e. The molecule has 1 atom stereocenters. The zero-order valence-corrected chi connectivity index (χ0v) is 11.7. The Bertz CT molecular complexity index is 280. The number of aryl methyl sites for hydroxylation is 1. The van der Waals surface area contributed by atoms with E-state index in [0.717, 1.165) is 6.54 Å². The zero-order valence-electron chi connectivity index (χ0n) is 10.9. The molecule has 1 nitrogen and oxygen atoms in total. The first-order valence-corrected chi connectivity index (χ1v) is 7.44. The molecule has 0 radical (unpaired) electrons. The van der Waals surface area contributed by atoms with Gasteiger partial charge in [0.25, 0.3) is 0 Å². The van der Waals surface area contributed by atoms with Crippen molar-refractivity contribution in [2.24, 2.45) is 0 Å². The summed E-state index contributed by atoms with van der Waals surface area (Å²) in [5.41, 5.74) is 1.52. The van der Waals surface area contributed by atoms with Crippen LogP contribution in [0.25, 0.3) is 0 Å². The van der Waals surface area contributed by atoms with Crippen molar-refractivity contribution in [1.82, 2.24) is 5.32 Å². The highest BCUT2D eigenvalue weighted by Crippen LogP contribution is 2.26. The second-order valence-corrected chi connectivity index (χ2v) is 5.55. The Hall–Kier alpha value is -0.340. The molecule has 0 aliphatic rings. The number of hydrogen-bond donors (Lipinski definition) is 1. The zero-order chi connectivity index (χ0) is 11.8. The fraction of sp³-hybridized carbons (Fsp3) is 0.714. The lowest BCUT2D eigenvalue weighted by Crippen LogP contribution is -2.22. The van der Waals surface area contributed by atoms with E-state index >= 15 is 0 Å². The maximum absolute atomic E-state index is 3.68. The summed E-state index contributed by atoms with van der Waals surface area (Å²) in [6.45, 7) is 7.87. The molecule has 2 heteroatoms. The quantitative estimate of drug-likeness (QED) is 0.650. The van der Waals surface area contributed by atoms with Crippen molar-refractivity contribution in [3.8, 4) is 0 Å². The summed E-state index contributed by atoms with van der Waals surface area (Å²) in [5, 5.41) is 5.89. The number of unbranched alkanes of at least 4 members (excludes halogenated alkanes) is 2. The average molecular weight is 239 g/mol. The normalized spacial score (nSPS) is 12.9. The van der Waals surface area contributed by atoms with Gasteiger partial charge in [-0.1, -0.05) is 33.1 Å². The van der Waals surface area contributed by atoms with Gasteiger partial charge in [-0.25, -0.2) is 0 Å². The largest absolute Gasteiger partial charge is 0.310 e. The molecule has 0 spiro atoms. The molecule has 0 saturated heterocycles. The minimum atomic E-state index is 0.581. The highest BCUT2D eigenvalue weighted by Gasteiger charge is 2.13. The Labute approximate surface area is 104 Å². The van der Waals surface area contributed by atoms with Gasteiger partial charge in [0.2, 0.25) is 0 Å². The first-order chi connectivity index (χ1) is 7.79. The Balaban J connectivity index is 2.53. The van der Waals surface area contributed by atoms with Crippen LogP contribution in [0.4, 0.5) is 0 Å². The van der Waals surface area contributed by atoms with Crippen LogP contribution >= 0.6 is 11.3 Å². The van der Waals surface area contributed by atoms with Crippen molar-refractivity contribution < 1.29 is 0 Å². The highest BCUT2D eigenvalue weighted by atomic mass is 32.1. The summed E-state index contributed by atoms with van der Waals surface area (Å²) in [4.78, 5) is 1.48. The maximum Gasteiger partial charge on any atom is 0.0331 e. The molecule has 0 aromatic carbocycles. The number of thiophene rings is 1. The molecular formula is C14H25NS. The van der Waals surface area contributed by atoms with E-state index in [1.165, 1.54) is 42.5 Å². The van der Waals surface area contributed by atoms with Crippen molar-refractivity contribution in [2.45, 2.75) is 58.9 Å². The van der Waals surface area contributed by atoms with Crippen LogP contribution in [0.15, 0.2) is 11.4 Å². The van der Waals surface area contributed by atoms with Gasteiger partial charge in [0.05, 0.1) is 0 Å². The minimum absolute atomic E-state index is 0.581. The van der Waals surface area contributed by atoms with Crippen LogP contribution in [0.1, 0.15) is 62.4 Å². The topological polar surface area (TPSA) is 12.0 Å². The number of rotatable bonds is 8. The maximum atomic E-state index is 3.68. The molecule has 1 heterocycles. The molecule has 0 fully saturated rings. The summed E-state index contributed by atoms with van der Waals surface area (Å²) in [7, 11) is 0. The van der Waals surface area contributed by atoms with Gasteiger partial charge >= 0.3 is 0 Å². The predicted molar refractivity (Wildman–Crippen MR) is 74.2 cm³/mol. The molecule has 0 aliphatic heterocycles. The summed E-state index contributed by atoms with van der Waals surface area (Å²) >= 11 is 1.87. The molecule has 1 rings (SSSR count). The lowest BCUT2D eigenvalue weighted by molar-refractivity contribution is 0.474. The number of nitrogens with one attached hydrogen (secondary N) is 1. The Morgan fingerprint density at radius 3 is 2.62 bits per heavy atom. The van der Waals surface area contributed by atoms with E-state index in [2.05, 4.69) is 37.5 Å². The third kappa shape index (κ3) is 4.26. The van der Waals surface area contributed by atoms with E-state index in [1.807, 2.05) is 11.3 Å². The van der Waals surface area contributed by atoms with E-state index in [9.17, 15) is 0 Å². The summed E-state index contributed by atoms with van der Waals surface area (Å²) in [6.07, 6.45) is 6.50. The van der Waals surface area contributed by atoms with Gasteiger partial charge in [0, 0.05) is 10.9 Å². The predicted octanol–water partition coefficient (Wildman–Crippen LogP) is 4.68. The Kier molecular flexibility index (Phi) is 6.74. The Morgan fingerprint density at radius 2 is 2.06 bits per heavy atom. The van der Waals surface area contributed by atoms with Gasteiger partial charge < -0.3 is 5.32 Å². The lowest BCUT2D eigenvalue weighted by atomic mass is 10.0. The van der Waals surface area contributed by atoms with Crippen LogP contribution in [0, 0.1) is 6.92 Å². The van der Waals surface area contributed by atoms with Crippen LogP contribution in [0.3, 0.4) is 0 Å². The van der Waals surface area contributed by atoms with Crippen LogP contribution in [-0.2, 0) is 0 Å². The van der Waals surface area contributed by atoms with E-state index in [1.54, 1.807) is 0 Å². The van der Waals surface area contributed by atoms with Crippen molar-refractivity contribution in [3.05, 3.63) is 21.9 Å². The third-order valence-electron chi connectivity index (χ3n) is 3.01. The van der Waals surface area contributed by atoms with Gasteiger partial charge in [-0.2, -0.15) is 0 Å². The van der Waals surface area contributed by atoms with Gasteiger partial charge in [0.1, 0.15) is 0 Å². The van der Waals surface area contributed by atoms with Crippen LogP contribution in [0.5, 0.6) is 0 Å². The lowest BCUT2D eigenvalue weighted by Gasteiger charge is -2.18. The van der Waals surface area contributed by atoms with Crippen LogP contribution in [0.2, 0.25) is 0 Å². The fourth-order valence-corrected chi connectivity index (χ4v) is 2.81. The van der Waals surface area contributed by atoms with Crippen molar-refractivity contribution in [2.75, 3.05) is 6.54 Å². The fourth-order valence-electron chi connectivity index (χ4n) is 2.04. The summed E-state index contributed by atoms with van der Waals surface area (Å²) in [6, 6.07) is 2.87. The molecule has 0 amide bonds. The van der Waals surface area contributed by atoms with Crippen LogP contribution < -0.4 is 5.32 Å². The second-order valence-electron chi connectivity index (χ2n) is 4.43. The number of hydrogen-bond acceptors (Lipinski definition) is 2. The van der Waals surface area contributed by atoms with Gasteiger partial charge in [-0.15, -0.1) is 11.3 Å². The molecule has 0 bridgehead atoms. The molecule has 0 saturated carbocycles. The summed E-state index contributed by atoms with van der Waals surface area (Å²) in [5.74, 6) is 0. The van der Waals surface area contributed by atoms with Gasteiger partial charge in [0.15, 0.2) is 0 Å². The van der Waals surface area contributed by atoms with E-state index in [-0.39, 0.29) is 0 Å². The van der Waals surface area contributed by atoms with Crippen molar-refractivity contribution >= 4 is 11.3 Å². The second kappa shape index (κ2) is 7.86. The van der Waals surface area contributed by atoms with Crippen molar-refractivity contribution in [1.29, 1.82) is 0 Å². The van der Waals surface area contributed by atoms with Gasteiger partial charge in [-0.3, -0.25) is 0 Å². The molecule has 1 aromatic rings. The summed E-state index contributed by atoms with van der Waals surface area (Å²) < 4.78 is 0. The third-order valence-corrected chi connectivity index (χ3v) is 3.87. The first-order valence-electron chi connectivity index (χ1n) is 6.57. The standard InChI is InChI=1S/C14H25NS/c1-4-6-7-8-14(15-10-5-2)13-9-11-16-12(13)3/h9,11,14-15H,4-8,10H2,1-3H3. The molecule has 0 aliphatic carbocycles. The first kappa shape index (κ1) is 13.7. The average Bonchev–Trinajstić information content (AvgIpc) is 2.70. The highest BCUT2D eigenvalue weighted by molar-refractivity contribution is 7.10. The molecule has 1 aromatic heterocycles. The van der Waals surface area contributed by atoms with Gasteiger partial charge in [-0.05, 0) is 43.3 Å². The Morgan fingerprint density at radius 1 is 1.25 bits per heavy atom.